The van der Waals surface area contributed by atoms with Gasteiger partial charge in [-0.1, -0.05) is 41.7 Å². The van der Waals surface area contributed by atoms with E-state index in [2.05, 4.69) is 20.6 Å². The number of rotatable bonds is 9. The quantitative estimate of drug-likeness (QED) is 0.344. The van der Waals surface area contributed by atoms with Crippen LogP contribution in [0.15, 0.2) is 66.9 Å². The average molecular weight is 465 g/mol. The van der Waals surface area contributed by atoms with E-state index in [4.69, 9.17) is 9.47 Å². The van der Waals surface area contributed by atoms with Gasteiger partial charge >= 0.3 is 0 Å². The van der Waals surface area contributed by atoms with E-state index in [1.54, 1.807) is 26.3 Å². The van der Waals surface area contributed by atoms with E-state index in [1.807, 2.05) is 48.5 Å². The van der Waals surface area contributed by atoms with Gasteiger partial charge in [0.25, 0.3) is 5.91 Å². The molecule has 0 bridgehead atoms. The summed E-state index contributed by atoms with van der Waals surface area (Å²) in [6.07, 6.45) is 0.777. The lowest BCUT2D eigenvalue weighted by Crippen LogP contribution is -2.32. The third kappa shape index (κ3) is 5.46. The Kier molecular flexibility index (Phi) is 7.13. The minimum absolute atomic E-state index is 0.279. The molecule has 0 aliphatic rings. The number of anilines is 1. The SMILES string of the molecule is CNC(=O)c1cc(Oc2ccc3nc(N[C@@H](COC)[C@H](O)c4ccccc4)sc3c2)ccn1. The Bertz CT molecular complexity index is 1230. The maximum absolute atomic E-state index is 11.8. The normalized spacial score (nSPS) is 12.8. The first-order valence-electron chi connectivity index (χ1n) is 10.3. The van der Waals surface area contributed by atoms with Gasteiger partial charge in [0.1, 0.15) is 23.3 Å². The number of hydrogen-bond acceptors (Lipinski definition) is 8. The highest BCUT2D eigenvalue weighted by Gasteiger charge is 2.22. The average Bonchev–Trinajstić information content (AvgIpc) is 3.25. The first-order valence-corrected chi connectivity index (χ1v) is 11.1. The summed E-state index contributed by atoms with van der Waals surface area (Å²) >= 11 is 1.46. The molecule has 2 heterocycles. The van der Waals surface area contributed by atoms with E-state index >= 15 is 0 Å². The lowest BCUT2D eigenvalue weighted by molar-refractivity contribution is 0.0953. The van der Waals surface area contributed by atoms with Gasteiger partial charge in [-0.2, -0.15) is 0 Å². The summed E-state index contributed by atoms with van der Waals surface area (Å²) in [5.41, 5.74) is 1.89. The van der Waals surface area contributed by atoms with Crippen LogP contribution in [0.2, 0.25) is 0 Å². The number of methoxy groups -OCH3 is 1. The van der Waals surface area contributed by atoms with Crippen molar-refractivity contribution < 1.29 is 19.4 Å². The second kappa shape index (κ2) is 10.4. The molecule has 0 radical (unpaired) electrons. The number of hydrogen-bond donors (Lipinski definition) is 3. The molecule has 0 spiro atoms. The van der Waals surface area contributed by atoms with Gasteiger partial charge in [0.05, 0.1) is 22.9 Å². The Labute approximate surface area is 195 Å². The van der Waals surface area contributed by atoms with Crippen molar-refractivity contribution in [3.05, 3.63) is 78.1 Å². The van der Waals surface area contributed by atoms with Crippen molar-refractivity contribution in [1.82, 2.24) is 15.3 Å². The van der Waals surface area contributed by atoms with Crippen molar-refractivity contribution in [3.8, 4) is 11.5 Å². The molecular formula is C24H24N4O4S. The molecule has 4 rings (SSSR count). The van der Waals surface area contributed by atoms with Crippen LogP contribution in [0.25, 0.3) is 10.2 Å². The summed E-state index contributed by atoms with van der Waals surface area (Å²) in [5.74, 6) is 0.846. The van der Waals surface area contributed by atoms with Crippen LogP contribution in [0.5, 0.6) is 11.5 Å². The Hall–Kier alpha value is -3.53. The molecule has 0 unspecified atom stereocenters. The molecule has 2 atom stereocenters. The molecule has 170 valence electrons. The third-order valence-electron chi connectivity index (χ3n) is 4.96. The number of nitrogens with zero attached hydrogens (tertiary/aromatic N) is 2. The van der Waals surface area contributed by atoms with E-state index in [1.165, 1.54) is 17.5 Å². The van der Waals surface area contributed by atoms with Crippen molar-refractivity contribution >= 4 is 32.6 Å². The van der Waals surface area contributed by atoms with E-state index in [9.17, 15) is 9.90 Å². The minimum Gasteiger partial charge on any atom is -0.457 e. The van der Waals surface area contributed by atoms with Gasteiger partial charge in [-0.3, -0.25) is 9.78 Å². The first kappa shape index (κ1) is 22.7. The maximum Gasteiger partial charge on any atom is 0.269 e. The first-order chi connectivity index (χ1) is 16.1. The van der Waals surface area contributed by atoms with Crippen LogP contribution in [0.4, 0.5) is 5.13 Å². The van der Waals surface area contributed by atoms with Gasteiger partial charge in [-0.05, 0) is 23.8 Å². The Morgan fingerprint density at radius 2 is 1.91 bits per heavy atom. The van der Waals surface area contributed by atoms with Crippen LogP contribution in [0, 0.1) is 0 Å². The number of carbonyl (C=O) groups is 1. The second-order valence-electron chi connectivity index (χ2n) is 7.27. The minimum atomic E-state index is -0.752. The number of nitrogens with one attached hydrogen (secondary N) is 2. The number of carbonyl (C=O) groups excluding carboxylic acids is 1. The number of pyridine rings is 1. The van der Waals surface area contributed by atoms with Crippen molar-refractivity contribution in [2.24, 2.45) is 0 Å². The molecule has 3 N–H and O–H groups in total. The Balaban J connectivity index is 1.52. The number of aliphatic hydroxyl groups excluding tert-OH is 1. The highest BCUT2D eigenvalue weighted by atomic mass is 32.1. The van der Waals surface area contributed by atoms with Crippen LogP contribution in [0.1, 0.15) is 22.2 Å². The van der Waals surface area contributed by atoms with Crippen LogP contribution in [-0.4, -0.2) is 47.8 Å². The molecule has 2 aromatic heterocycles. The number of ether oxygens (including phenoxy) is 2. The fourth-order valence-corrected chi connectivity index (χ4v) is 4.28. The Morgan fingerprint density at radius 3 is 2.67 bits per heavy atom. The topological polar surface area (TPSA) is 106 Å². The molecule has 8 nitrogen and oxygen atoms in total. The monoisotopic (exact) mass is 464 g/mol. The van der Waals surface area contributed by atoms with Gasteiger partial charge in [-0.15, -0.1) is 0 Å². The molecule has 0 aliphatic heterocycles. The molecule has 0 saturated heterocycles. The molecule has 33 heavy (non-hydrogen) atoms. The predicted octanol–water partition coefficient (Wildman–Crippen LogP) is 4.00. The van der Waals surface area contributed by atoms with Gasteiger partial charge in [0, 0.05) is 32.5 Å². The Morgan fingerprint density at radius 1 is 1.12 bits per heavy atom. The van der Waals surface area contributed by atoms with Crippen LogP contribution in [0.3, 0.4) is 0 Å². The number of aliphatic hydroxyl groups is 1. The predicted molar refractivity (Wildman–Crippen MR) is 128 cm³/mol. The van der Waals surface area contributed by atoms with Crippen LogP contribution in [-0.2, 0) is 4.74 Å². The molecular weight excluding hydrogens is 440 g/mol. The smallest absolute Gasteiger partial charge is 0.269 e. The largest absolute Gasteiger partial charge is 0.457 e. The third-order valence-corrected chi connectivity index (χ3v) is 5.91. The van der Waals surface area contributed by atoms with E-state index in [0.717, 1.165) is 15.8 Å². The van der Waals surface area contributed by atoms with Gasteiger partial charge < -0.3 is 25.2 Å². The number of benzene rings is 2. The number of fused-ring (bicyclic) bond motifs is 1. The van der Waals surface area contributed by atoms with Gasteiger partial charge in [0.15, 0.2) is 5.13 Å². The van der Waals surface area contributed by atoms with E-state index in [-0.39, 0.29) is 17.6 Å². The lowest BCUT2D eigenvalue weighted by Gasteiger charge is -2.23. The zero-order valence-electron chi connectivity index (χ0n) is 18.2. The summed E-state index contributed by atoms with van der Waals surface area (Å²) in [7, 11) is 3.15. The molecule has 4 aromatic rings. The fourth-order valence-electron chi connectivity index (χ4n) is 3.33. The lowest BCUT2D eigenvalue weighted by atomic mass is 10.0. The highest BCUT2D eigenvalue weighted by molar-refractivity contribution is 7.22. The van der Waals surface area contributed by atoms with Crippen molar-refractivity contribution in [2.75, 3.05) is 26.1 Å². The fraction of sp³-hybridized carbons (Fsp3) is 0.208. The van der Waals surface area contributed by atoms with Gasteiger partial charge in [0.2, 0.25) is 0 Å². The van der Waals surface area contributed by atoms with Crippen molar-refractivity contribution in [3.63, 3.8) is 0 Å². The maximum atomic E-state index is 11.8. The molecule has 1 amide bonds. The second-order valence-corrected chi connectivity index (χ2v) is 8.30. The summed E-state index contributed by atoms with van der Waals surface area (Å²) in [6.45, 7) is 0.316. The zero-order valence-corrected chi connectivity index (χ0v) is 19.0. The molecule has 0 aliphatic carbocycles. The number of thiazole rings is 1. The van der Waals surface area contributed by atoms with Crippen molar-refractivity contribution in [1.29, 1.82) is 0 Å². The van der Waals surface area contributed by atoms with Gasteiger partial charge in [-0.25, -0.2) is 4.98 Å². The molecule has 9 heteroatoms. The van der Waals surface area contributed by atoms with Crippen LogP contribution < -0.4 is 15.4 Å². The summed E-state index contributed by atoms with van der Waals surface area (Å²) in [5, 5.41) is 17.3. The highest BCUT2D eigenvalue weighted by Crippen LogP contribution is 2.32. The summed E-state index contributed by atoms with van der Waals surface area (Å²) in [6, 6.07) is 17.9. The standard InChI is InChI=1S/C24H24N4O4S/c1-25-23(30)19-12-17(10-11-26-19)32-16-8-9-18-21(13-16)33-24(27-18)28-20(14-31-2)22(29)15-6-4-3-5-7-15/h3-13,20,22,29H,14H2,1-2H3,(H,25,30)(H,27,28)/t20-,22+/m0/s1. The summed E-state index contributed by atoms with van der Waals surface area (Å²) in [4.78, 5) is 20.5. The van der Waals surface area contributed by atoms with Crippen molar-refractivity contribution in [2.45, 2.75) is 12.1 Å². The van der Waals surface area contributed by atoms with Crippen LogP contribution >= 0.6 is 11.3 Å². The zero-order chi connectivity index (χ0) is 23.2. The number of amides is 1. The summed E-state index contributed by atoms with van der Waals surface area (Å²) < 4.78 is 12.2. The number of aromatic nitrogens is 2. The molecule has 0 saturated carbocycles. The molecule has 0 fully saturated rings. The van der Waals surface area contributed by atoms with E-state index < -0.39 is 6.10 Å². The van der Waals surface area contributed by atoms with E-state index in [0.29, 0.717) is 23.2 Å². The molecule has 2 aromatic carbocycles.